The van der Waals surface area contributed by atoms with Gasteiger partial charge in [0, 0.05) is 67.9 Å². The number of rotatable bonds is 17. The molecule has 0 atom stereocenters. The first-order valence-corrected chi connectivity index (χ1v) is 17.9. The zero-order valence-electron chi connectivity index (χ0n) is 27.3. The van der Waals surface area contributed by atoms with Crippen molar-refractivity contribution in [2.75, 3.05) is 69.1 Å². The molecule has 4 rings (SSSR count). The van der Waals surface area contributed by atoms with Crippen molar-refractivity contribution in [2.24, 2.45) is 17.4 Å². The number of allylic oxidation sites excluding steroid dienone is 1. The third-order valence-electron chi connectivity index (χ3n) is 8.41. The fourth-order valence-corrected chi connectivity index (χ4v) is 6.80. The average molecular weight is 678 g/mol. The molecule has 0 radical (unpaired) electrons. The number of pyridine rings is 1. The van der Waals surface area contributed by atoms with Crippen LogP contribution in [0.25, 0.3) is 0 Å². The minimum absolute atomic E-state index is 0.00870. The summed E-state index contributed by atoms with van der Waals surface area (Å²) in [6.07, 6.45) is 11.9. The third-order valence-corrected chi connectivity index (χ3v) is 9.71. The molecule has 1 saturated carbocycles. The molecule has 2 aromatic rings. The van der Waals surface area contributed by atoms with E-state index in [1.165, 1.54) is 11.0 Å². The Morgan fingerprint density at radius 1 is 0.978 bits per heavy atom. The van der Waals surface area contributed by atoms with Crippen molar-refractivity contribution in [2.45, 2.75) is 68.6 Å². The van der Waals surface area contributed by atoms with Gasteiger partial charge in [-0.05, 0) is 106 Å². The number of nitrogens with two attached hydrogens (primary N) is 2. The van der Waals surface area contributed by atoms with Gasteiger partial charge in [0.25, 0.3) is 5.92 Å². The molecule has 2 fully saturated rings. The van der Waals surface area contributed by atoms with Gasteiger partial charge >= 0.3 is 0 Å². The largest absolute Gasteiger partial charge is 0.385 e. The first-order chi connectivity index (χ1) is 22.3. The predicted octanol–water partition coefficient (Wildman–Crippen LogP) is 7.74. The molecule has 11 heteroatoms. The molecule has 0 amide bonds. The fraction of sp³-hybridized carbons (Fsp3) is 0.571. The number of alkyl halides is 2. The number of nitrogens with zero attached hydrogens (tertiary/aromatic N) is 4. The lowest BCUT2D eigenvalue weighted by Gasteiger charge is -2.35. The van der Waals surface area contributed by atoms with E-state index >= 15 is 8.78 Å². The van der Waals surface area contributed by atoms with Crippen molar-refractivity contribution in [3.05, 3.63) is 72.5 Å². The zero-order valence-corrected chi connectivity index (χ0v) is 28.9. The molecule has 0 bridgehead atoms. The lowest BCUT2D eigenvalue weighted by atomic mass is 9.82. The average Bonchev–Trinajstić information content (AvgIpc) is 3.08. The Balaban J connectivity index is 0.000000449. The Kier molecular flexibility index (Phi) is 17.2. The molecule has 7 nitrogen and oxygen atoms in total. The monoisotopic (exact) mass is 677 g/mol. The zero-order chi connectivity index (χ0) is 33.2. The summed E-state index contributed by atoms with van der Waals surface area (Å²) in [5.74, 6) is -2.92. The predicted molar refractivity (Wildman–Crippen MR) is 193 cm³/mol. The Morgan fingerprint density at radius 3 is 2.22 bits per heavy atom. The maximum Gasteiger partial charge on any atom is 0.276 e. The SMILES string of the molecule is C=CCCCNc1ccc(SN2CCN(c3cc(C(F)(F)C4CCCCC4)cc(Cl)n3)CC2)cc1.C=CN(CCCN)CCCN. The van der Waals surface area contributed by atoms with Gasteiger partial charge in [-0.3, -0.25) is 0 Å². The third kappa shape index (κ3) is 12.7. The summed E-state index contributed by atoms with van der Waals surface area (Å²) in [6.45, 7) is 15.0. The van der Waals surface area contributed by atoms with Crippen LogP contribution in [0.4, 0.5) is 20.3 Å². The van der Waals surface area contributed by atoms with Crippen LogP contribution >= 0.6 is 23.5 Å². The van der Waals surface area contributed by atoms with Gasteiger partial charge in [-0.25, -0.2) is 18.1 Å². The minimum Gasteiger partial charge on any atom is -0.385 e. The molecular formula is C35H54ClF2N7S. The van der Waals surface area contributed by atoms with Gasteiger partial charge in [-0.1, -0.05) is 43.5 Å². The van der Waals surface area contributed by atoms with Crippen LogP contribution in [0.5, 0.6) is 0 Å². The van der Waals surface area contributed by atoms with E-state index in [4.69, 9.17) is 23.1 Å². The van der Waals surface area contributed by atoms with Crippen molar-refractivity contribution < 1.29 is 8.78 Å². The summed E-state index contributed by atoms with van der Waals surface area (Å²) in [6, 6.07) is 11.4. The molecule has 1 aliphatic heterocycles. The molecule has 1 saturated heterocycles. The highest BCUT2D eigenvalue weighted by molar-refractivity contribution is 7.97. The van der Waals surface area contributed by atoms with Gasteiger partial charge in [0.2, 0.25) is 0 Å². The highest BCUT2D eigenvalue weighted by atomic mass is 35.5. The highest BCUT2D eigenvalue weighted by Crippen LogP contribution is 2.44. The first kappa shape index (κ1) is 38.1. The number of hydrogen-bond acceptors (Lipinski definition) is 8. The van der Waals surface area contributed by atoms with Crippen LogP contribution in [0, 0.1) is 5.92 Å². The molecule has 1 aromatic heterocycles. The van der Waals surface area contributed by atoms with E-state index in [-0.39, 0.29) is 10.7 Å². The maximum absolute atomic E-state index is 15.3. The van der Waals surface area contributed by atoms with E-state index < -0.39 is 11.8 Å². The minimum atomic E-state index is -2.87. The summed E-state index contributed by atoms with van der Waals surface area (Å²) in [5.41, 5.74) is 11.9. The smallest absolute Gasteiger partial charge is 0.276 e. The van der Waals surface area contributed by atoms with E-state index in [1.54, 1.807) is 18.0 Å². The number of piperazine rings is 1. The molecule has 0 spiro atoms. The number of anilines is 2. The van der Waals surface area contributed by atoms with Crippen LogP contribution in [-0.4, -0.2) is 73.1 Å². The van der Waals surface area contributed by atoms with Crippen LogP contribution in [0.3, 0.4) is 0 Å². The van der Waals surface area contributed by atoms with E-state index in [1.807, 2.05) is 12.3 Å². The molecule has 2 heterocycles. The number of aromatic nitrogens is 1. The van der Waals surface area contributed by atoms with Crippen molar-refractivity contribution in [1.29, 1.82) is 0 Å². The van der Waals surface area contributed by atoms with Gasteiger partial charge < -0.3 is 26.6 Å². The summed E-state index contributed by atoms with van der Waals surface area (Å²) in [7, 11) is 0. The van der Waals surface area contributed by atoms with E-state index in [2.05, 4.69) is 61.8 Å². The Bertz CT molecular complexity index is 1150. The summed E-state index contributed by atoms with van der Waals surface area (Å²) in [5, 5.41) is 3.57. The highest BCUT2D eigenvalue weighted by Gasteiger charge is 2.42. The van der Waals surface area contributed by atoms with Crippen molar-refractivity contribution >= 4 is 35.1 Å². The summed E-state index contributed by atoms with van der Waals surface area (Å²) >= 11 is 7.95. The standard InChI is InChI=1S/C27H35ClF2N4S.C8H19N3/c1-2-3-7-14-31-23-10-12-24(13-11-23)35-34-17-15-33(16-18-34)26-20-22(19-25(28)32-26)27(29,30)21-8-5-4-6-9-21;1-2-11(7-3-5-9)8-4-6-10/h2,10-13,19-21,31H,1,3-9,14-18H2;2H,1,3-10H2. The fourth-order valence-electron chi connectivity index (χ4n) is 5.69. The van der Waals surface area contributed by atoms with Crippen LogP contribution in [0.2, 0.25) is 5.15 Å². The van der Waals surface area contributed by atoms with Crippen LogP contribution in [0.1, 0.15) is 63.4 Å². The quantitative estimate of drug-likeness (QED) is 0.0679. The number of unbranched alkanes of at least 4 members (excludes halogenated alkanes) is 1. The Hall–Kier alpha value is -2.37. The molecule has 2 aliphatic rings. The van der Waals surface area contributed by atoms with Crippen LogP contribution < -0.4 is 21.7 Å². The van der Waals surface area contributed by atoms with E-state index in [9.17, 15) is 0 Å². The van der Waals surface area contributed by atoms with Crippen molar-refractivity contribution in [3.8, 4) is 0 Å². The number of nitrogens with one attached hydrogen (secondary N) is 1. The van der Waals surface area contributed by atoms with Gasteiger partial charge in [0.15, 0.2) is 0 Å². The van der Waals surface area contributed by atoms with Crippen LogP contribution in [-0.2, 0) is 5.92 Å². The van der Waals surface area contributed by atoms with Gasteiger partial charge in [-0.2, -0.15) is 0 Å². The number of benzene rings is 1. The van der Waals surface area contributed by atoms with Gasteiger partial charge in [0.1, 0.15) is 11.0 Å². The lowest BCUT2D eigenvalue weighted by Crippen LogP contribution is -2.44. The second-order valence-electron chi connectivity index (χ2n) is 11.9. The van der Waals surface area contributed by atoms with E-state index in [0.717, 1.165) is 110 Å². The normalized spacial score (nSPS) is 16.0. The number of hydrogen-bond donors (Lipinski definition) is 3. The van der Waals surface area contributed by atoms with E-state index in [0.29, 0.717) is 18.7 Å². The molecule has 5 N–H and O–H groups in total. The molecule has 1 aliphatic carbocycles. The summed E-state index contributed by atoms with van der Waals surface area (Å²) in [4.78, 5) is 9.80. The molecule has 0 unspecified atom stereocenters. The van der Waals surface area contributed by atoms with Crippen molar-refractivity contribution in [3.63, 3.8) is 0 Å². The first-order valence-electron chi connectivity index (χ1n) is 16.8. The molecule has 1 aromatic carbocycles. The van der Waals surface area contributed by atoms with Gasteiger partial charge in [0.05, 0.1) is 0 Å². The van der Waals surface area contributed by atoms with Gasteiger partial charge in [-0.15, -0.1) is 6.58 Å². The van der Waals surface area contributed by atoms with Crippen LogP contribution in [0.15, 0.2) is 66.7 Å². The topological polar surface area (TPSA) is 86.7 Å². The second kappa shape index (κ2) is 20.8. The number of halogens is 3. The maximum atomic E-state index is 15.3. The lowest BCUT2D eigenvalue weighted by molar-refractivity contribution is -0.0777. The Morgan fingerprint density at radius 2 is 1.63 bits per heavy atom. The molecular weight excluding hydrogens is 624 g/mol. The Labute approximate surface area is 284 Å². The summed E-state index contributed by atoms with van der Waals surface area (Å²) < 4.78 is 32.9. The molecule has 46 heavy (non-hydrogen) atoms. The van der Waals surface area contributed by atoms with Crippen molar-refractivity contribution in [1.82, 2.24) is 14.2 Å². The second-order valence-corrected chi connectivity index (χ2v) is 13.4. The molecule has 256 valence electrons.